The first-order valence-electron chi connectivity index (χ1n) is 4.88. The van der Waals surface area contributed by atoms with Crippen LogP contribution in [0.25, 0.3) is 0 Å². The van der Waals surface area contributed by atoms with Gasteiger partial charge in [-0.05, 0) is 18.6 Å². The molecule has 5 heteroatoms. The lowest BCUT2D eigenvalue weighted by atomic mass is 10.2. The van der Waals surface area contributed by atoms with Crippen LogP contribution in [0.3, 0.4) is 0 Å². The van der Waals surface area contributed by atoms with Gasteiger partial charge < -0.3 is 15.5 Å². The highest BCUT2D eigenvalue weighted by atomic mass is 16.4. The van der Waals surface area contributed by atoms with Crippen molar-refractivity contribution in [1.29, 1.82) is 0 Å². The number of aryl methyl sites for hydroxylation is 1. The molecule has 82 valence electrons. The fraction of sp³-hybridized carbons (Fsp3) is 0.400. The van der Waals surface area contributed by atoms with Crippen LogP contribution >= 0.6 is 0 Å². The van der Waals surface area contributed by atoms with Gasteiger partial charge in [-0.15, -0.1) is 0 Å². The average molecular weight is 209 g/mol. The first kappa shape index (κ1) is 11.3. The highest BCUT2D eigenvalue weighted by Crippen LogP contribution is 1.95. The maximum absolute atomic E-state index is 11.8. The Morgan fingerprint density at radius 1 is 1.67 bits per heavy atom. The Kier molecular flexibility index (Phi) is 3.91. The molecule has 1 heterocycles. The molecule has 0 atom stereocenters. The van der Waals surface area contributed by atoms with E-state index in [1.54, 1.807) is 22.9 Å². The summed E-state index contributed by atoms with van der Waals surface area (Å²) in [6.07, 6.45) is 3.64. The van der Waals surface area contributed by atoms with E-state index in [-0.39, 0.29) is 17.0 Å². The molecule has 0 bridgehead atoms. The molecule has 0 radical (unpaired) electrons. The van der Waals surface area contributed by atoms with Crippen LogP contribution in [0.15, 0.2) is 28.3 Å². The lowest BCUT2D eigenvalue weighted by molar-refractivity contribution is 0.318. The minimum Gasteiger partial charge on any atom is -0.409 e. The monoisotopic (exact) mass is 209 g/mol. The van der Waals surface area contributed by atoms with Crippen LogP contribution in [0.5, 0.6) is 0 Å². The molecule has 0 aliphatic heterocycles. The lowest BCUT2D eigenvalue weighted by Crippen LogP contribution is -2.29. The molecule has 1 aromatic heterocycles. The summed E-state index contributed by atoms with van der Waals surface area (Å²) in [6.45, 7) is 2.71. The second-order valence-electron chi connectivity index (χ2n) is 3.26. The van der Waals surface area contributed by atoms with Crippen molar-refractivity contribution in [3.63, 3.8) is 0 Å². The number of pyridine rings is 1. The smallest absolute Gasteiger partial charge is 0.261 e. The zero-order chi connectivity index (χ0) is 11.3. The summed E-state index contributed by atoms with van der Waals surface area (Å²) in [4.78, 5) is 11.8. The van der Waals surface area contributed by atoms with Crippen molar-refractivity contribution in [3.05, 3.63) is 34.2 Å². The fourth-order valence-corrected chi connectivity index (χ4v) is 1.29. The van der Waals surface area contributed by atoms with Gasteiger partial charge in [-0.3, -0.25) is 4.79 Å². The van der Waals surface area contributed by atoms with Crippen LogP contribution in [0.1, 0.15) is 25.3 Å². The first-order chi connectivity index (χ1) is 7.20. The minimum absolute atomic E-state index is 0.147. The van der Waals surface area contributed by atoms with Gasteiger partial charge in [-0.1, -0.05) is 18.5 Å². The molecule has 0 aromatic carbocycles. The van der Waals surface area contributed by atoms with Crippen LogP contribution in [-0.4, -0.2) is 15.6 Å². The molecule has 5 nitrogen and oxygen atoms in total. The Morgan fingerprint density at radius 3 is 3.00 bits per heavy atom. The van der Waals surface area contributed by atoms with Gasteiger partial charge in [-0.25, -0.2) is 0 Å². The topological polar surface area (TPSA) is 80.6 Å². The number of hydrogen-bond acceptors (Lipinski definition) is 3. The maximum atomic E-state index is 11.8. The first-order valence-corrected chi connectivity index (χ1v) is 4.88. The molecule has 0 amide bonds. The summed E-state index contributed by atoms with van der Waals surface area (Å²) in [6, 6.07) is 3.25. The predicted octanol–water partition coefficient (Wildman–Crippen LogP) is 0.743. The number of unbranched alkanes of at least 4 members (excludes halogenated alkanes) is 1. The van der Waals surface area contributed by atoms with Crippen molar-refractivity contribution in [2.75, 3.05) is 0 Å². The number of nitrogens with zero attached hydrogens (tertiary/aromatic N) is 2. The van der Waals surface area contributed by atoms with Gasteiger partial charge in [0.05, 0.1) is 5.56 Å². The van der Waals surface area contributed by atoms with Crippen LogP contribution in [-0.2, 0) is 6.54 Å². The highest BCUT2D eigenvalue weighted by Gasteiger charge is 2.06. The van der Waals surface area contributed by atoms with Crippen molar-refractivity contribution in [2.45, 2.75) is 26.3 Å². The molecule has 0 spiro atoms. The zero-order valence-corrected chi connectivity index (χ0v) is 8.68. The number of hydrogen-bond donors (Lipinski definition) is 2. The summed E-state index contributed by atoms with van der Waals surface area (Å²) in [7, 11) is 0. The Hall–Kier alpha value is -1.78. The number of aromatic nitrogens is 1. The van der Waals surface area contributed by atoms with E-state index in [2.05, 4.69) is 12.1 Å². The summed E-state index contributed by atoms with van der Waals surface area (Å²) < 4.78 is 1.57. The second-order valence-corrected chi connectivity index (χ2v) is 3.26. The number of nitrogens with two attached hydrogens (primary N) is 1. The number of rotatable bonds is 4. The van der Waals surface area contributed by atoms with Gasteiger partial charge in [0, 0.05) is 12.7 Å². The molecule has 0 aliphatic carbocycles. The van der Waals surface area contributed by atoms with Crippen molar-refractivity contribution in [2.24, 2.45) is 10.9 Å². The zero-order valence-electron chi connectivity index (χ0n) is 8.68. The number of oxime groups is 1. The van der Waals surface area contributed by atoms with Gasteiger partial charge in [0.2, 0.25) is 0 Å². The Balaban J connectivity index is 3.06. The molecule has 3 N–H and O–H groups in total. The Bertz CT molecular complexity index is 409. The summed E-state index contributed by atoms with van der Waals surface area (Å²) >= 11 is 0. The van der Waals surface area contributed by atoms with Crippen molar-refractivity contribution in [1.82, 2.24) is 4.57 Å². The van der Waals surface area contributed by atoms with E-state index in [4.69, 9.17) is 10.9 Å². The van der Waals surface area contributed by atoms with Crippen molar-refractivity contribution in [3.8, 4) is 0 Å². The largest absolute Gasteiger partial charge is 0.409 e. The van der Waals surface area contributed by atoms with Crippen LogP contribution in [0, 0.1) is 0 Å². The lowest BCUT2D eigenvalue weighted by Gasteiger charge is -2.05. The van der Waals surface area contributed by atoms with E-state index in [0.29, 0.717) is 6.54 Å². The SMILES string of the molecule is CCCCn1cccc(/C(N)=N/O)c1=O. The number of amidine groups is 1. The molecular formula is C10H15N3O2. The quantitative estimate of drug-likeness (QED) is 0.332. The predicted molar refractivity (Wildman–Crippen MR) is 58.1 cm³/mol. The van der Waals surface area contributed by atoms with Gasteiger partial charge in [-0.2, -0.15) is 0 Å². The Labute approximate surface area is 87.8 Å². The van der Waals surface area contributed by atoms with Gasteiger partial charge in [0.25, 0.3) is 5.56 Å². The van der Waals surface area contributed by atoms with Gasteiger partial charge in [0.15, 0.2) is 5.84 Å². The Morgan fingerprint density at radius 2 is 2.40 bits per heavy atom. The molecule has 0 saturated carbocycles. The van der Waals surface area contributed by atoms with Gasteiger partial charge >= 0.3 is 0 Å². The molecule has 0 fully saturated rings. The second kappa shape index (κ2) is 5.19. The minimum atomic E-state index is -0.221. The van der Waals surface area contributed by atoms with E-state index in [0.717, 1.165) is 12.8 Å². The molecule has 0 saturated heterocycles. The van der Waals surface area contributed by atoms with Crippen molar-refractivity contribution < 1.29 is 5.21 Å². The summed E-state index contributed by atoms with van der Waals surface area (Å²) in [5, 5.41) is 11.3. The molecule has 1 rings (SSSR count). The van der Waals surface area contributed by atoms with Crippen LogP contribution in [0.4, 0.5) is 0 Å². The van der Waals surface area contributed by atoms with Crippen LogP contribution in [0.2, 0.25) is 0 Å². The van der Waals surface area contributed by atoms with E-state index in [1.165, 1.54) is 0 Å². The molecule has 0 aliphatic rings. The highest BCUT2D eigenvalue weighted by molar-refractivity contribution is 5.96. The molecule has 0 unspecified atom stereocenters. The third-order valence-electron chi connectivity index (χ3n) is 2.16. The molecule has 1 aromatic rings. The third kappa shape index (κ3) is 2.59. The standard InChI is InChI=1S/C10H15N3O2/c1-2-3-6-13-7-4-5-8(10(13)14)9(11)12-15/h4-5,7,15H,2-3,6H2,1H3,(H2,11,12). The van der Waals surface area contributed by atoms with Crippen LogP contribution < -0.4 is 11.3 Å². The third-order valence-corrected chi connectivity index (χ3v) is 2.16. The van der Waals surface area contributed by atoms with E-state index in [1.807, 2.05) is 0 Å². The summed E-state index contributed by atoms with van der Waals surface area (Å²) in [5.74, 6) is -0.147. The van der Waals surface area contributed by atoms with Gasteiger partial charge in [0.1, 0.15) is 0 Å². The maximum Gasteiger partial charge on any atom is 0.261 e. The van der Waals surface area contributed by atoms with E-state index >= 15 is 0 Å². The normalized spacial score (nSPS) is 11.7. The summed E-state index contributed by atoms with van der Waals surface area (Å²) in [5.41, 5.74) is 5.39. The van der Waals surface area contributed by atoms with E-state index in [9.17, 15) is 4.79 Å². The molecule has 15 heavy (non-hydrogen) atoms. The molecular weight excluding hydrogens is 194 g/mol. The van der Waals surface area contributed by atoms with E-state index < -0.39 is 0 Å². The fourth-order valence-electron chi connectivity index (χ4n) is 1.29. The average Bonchev–Trinajstić information content (AvgIpc) is 2.27. The van der Waals surface area contributed by atoms with Crippen molar-refractivity contribution >= 4 is 5.84 Å².